The zero-order valence-electron chi connectivity index (χ0n) is 22.6. The van der Waals surface area contributed by atoms with Crippen molar-refractivity contribution in [2.45, 2.75) is 30.6 Å². The van der Waals surface area contributed by atoms with E-state index in [1.54, 1.807) is 60.7 Å². The van der Waals surface area contributed by atoms with Crippen molar-refractivity contribution < 1.29 is 22.7 Å². The standard InChI is InChI=1S/C30H31N3O5S2/c1-5-31-29-19-23(11-17-28(29)33-40(35,36)25-14-8-21(3)9-15-25)38-22-10-16-27(26(18-22)30(34)37-4)32-39-24-12-6-20(2)7-13-24/h6-19,31-33H,5H2,1-4H3. The van der Waals surface area contributed by atoms with Gasteiger partial charge in [-0.3, -0.25) is 4.72 Å². The molecular weight excluding hydrogens is 546 g/mol. The zero-order valence-corrected chi connectivity index (χ0v) is 24.3. The number of hydrogen-bond acceptors (Lipinski definition) is 8. The Labute approximate surface area is 239 Å². The van der Waals surface area contributed by atoms with E-state index in [1.165, 1.54) is 19.1 Å². The van der Waals surface area contributed by atoms with Crippen LogP contribution in [0.2, 0.25) is 0 Å². The highest BCUT2D eigenvalue weighted by Crippen LogP contribution is 2.34. The second-order valence-corrected chi connectivity index (χ2v) is 11.5. The summed E-state index contributed by atoms with van der Waals surface area (Å²) in [6, 6.07) is 24.7. The maximum absolute atomic E-state index is 12.9. The molecule has 0 heterocycles. The van der Waals surface area contributed by atoms with Crippen LogP contribution in [0.25, 0.3) is 0 Å². The van der Waals surface area contributed by atoms with Crippen LogP contribution in [0.1, 0.15) is 28.4 Å². The van der Waals surface area contributed by atoms with E-state index in [4.69, 9.17) is 9.47 Å². The van der Waals surface area contributed by atoms with Crippen LogP contribution in [0.15, 0.2) is 94.7 Å². The van der Waals surface area contributed by atoms with Gasteiger partial charge >= 0.3 is 5.97 Å². The molecule has 3 N–H and O–H groups in total. The minimum absolute atomic E-state index is 0.172. The zero-order chi connectivity index (χ0) is 28.7. The van der Waals surface area contributed by atoms with Crippen molar-refractivity contribution in [1.82, 2.24) is 0 Å². The van der Waals surface area contributed by atoms with E-state index < -0.39 is 16.0 Å². The van der Waals surface area contributed by atoms with Gasteiger partial charge in [0, 0.05) is 17.5 Å². The van der Waals surface area contributed by atoms with Gasteiger partial charge in [0.2, 0.25) is 0 Å². The molecule has 0 radical (unpaired) electrons. The number of rotatable bonds is 11. The monoisotopic (exact) mass is 577 g/mol. The molecule has 4 rings (SSSR count). The van der Waals surface area contributed by atoms with E-state index in [2.05, 4.69) is 14.8 Å². The molecule has 4 aromatic rings. The Morgan fingerprint density at radius 2 is 1.40 bits per heavy atom. The largest absolute Gasteiger partial charge is 0.465 e. The number of benzene rings is 4. The molecule has 0 aliphatic rings. The van der Waals surface area contributed by atoms with Crippen LogP contribution in [-0.2, 0) is 14.8 Å². The van der Waals surface area contributed by atoms with E-state index in [0.717, 1.165) is 16.0 Å². The summed E-state index contributed by atoms with van der Waals surface area (Å²) in [4.78, 5) is 13.7. The lowest BCUT2D eigenvalue weighted by Gasteiger charge is -2.16. The summed E-state index contributed by atoms with van der Waals surface area (Å²) in [6.07, 6.45) is 0. The van der Waals surface area contributed by atoms with Crippen LogP contribution < -0.4 is 19.5 Å². The van der Waals surface area contributed by atoms with Gasteiger partial charge in [-0.2, -0.15) is 0 Å². The van der Waals surface area contributed by atoms with Crippen LogP contribution in [-0.4, -0.2) is 28.0 Å². The highest BCUT2D eigenvalue weighted by atomic mass is 32.2. The van der Waals surface area contributed by atoms with Crippen LogP contribution >= 0.6 is 11.9 Å². The summed E-state index contributed by atoms with van der Waals surface area (Å²) < 4.78 is 42.8. The third kappa shape index (κ3) is 7.28. The number of carbonyl (C=O) groups excluding carboxylic acids is 1. The molecule has 40 heavy (non-hydrogen) atoms. The maximum atomic E-state index is 12.9. The van der Waals surface area contributed by atoms with Crippen molar-refractivity contribution in [2.75, 3.05) is 28.4 Å². The molecule has 0 saturated heterocycles. The first-order valence-corrected chi connectivity index (χ1v) is 14.9. The van der Waals surface area contributed by atoms with E-state index in [1.807, 2.05) is 45.0 Å². The lowest BCUT2D eigenvalue weighted by molar-refractivity contribution is 0.0601. The van der Waals surface area contributed by atoms with Crippen LogP contribution in [0.4, 0.5) is 17.1 Å². The number of anilines is 3. The minimum atomic E-state index is -3.78. The summed E-state index contributed by atoms with van der Waals surface area (Å²) in [5, 5.41) is 3.18. The predicted molar refractivity (Wildman–Crippen MR) is 161 cm³/mol. The Morgan fingerprint density at radius 1 is 0.800 bits per heavy atom. The van der Waals surface area contributed by atoms with Crippen molar-refractivity contribution in [3.05, 3.63) is 102 Å². The number of methoxy groups -OCH3 is 1. The second-order valence-electron chi connectivity index (χ2n) is 8.97. The SMILES string of the molecule is CCNc1cc(Oc2ccc(NSc3ccc(C)cc3)c(C(=O)OC)c2)ccc1NS(=O)(=O)c1ccc(C)cc1. The number of sulfonamides is 1. The van der Waals surface area contributed by atoms with E-state index in [0.29, 0.717) is 40.7 Å². The number of hydrogen-bond donors (Lipinski definition) is 3. The van der Waals surface area contributed by atoms with Crippen LogP contribution in [0.5, 0.6) is 11.5 Å². The first-order valence-electron chi connectivity index (χ1n) is 12.6. The highest BCUT2D eigenvalue weighted by molar-refractivity contribution is 8.00. The van der Waals surface area contributed by atoms with Crippen LogP contribution in [0, 0.1) is 13.8 Å². The molecule has 0 saturated carbocycles. The fraction of sp³-hybridized carbons (Fsp3) is 0.167. The quantitative estimate of drug-likeness (QED) is 0.127. The smallest absolute Gasteiger partial charge is 0.340 e. The molecule has 0 unspecified atom stereocenters. The summed E-state index contributed by atoms with van der Waals surface area (Å²) >= 11 is 1.38. The molecule has 0 atom stereocenters. The number of esters is 1. The number of ether oxygens (including phenoxy) is 2. The van der Waals surface area contributed by atoms with Crippen molar-refractivity contribution in [1.29, 1.82) is 0 Å². The Morgan fingerprint density at radius 3 is 2.02 bits per heavy atom. The van der Waals surface area contributed by atoms with Crippen molar-refractivity contribution in [3.63, 3.8) is 0 Å². The molecule has 0 aromatic heterocycles. The molecule has 0 aliphatic carbocycles. The average Bonchev–Trinajstić information content (AvgIpc) is 2.94. The van der Waals surface area contributed by atoms with Gasteiger partial charge in [-0.05, 0) is 87.3 Å². The molecular formula is C30H31N3O5S2. The molecule has 208 valence electrons. The number of carbonyl (C=O) groups is 1. The molecule has 10 heteroatoms. The molecule has 0 bridgehead atoms. The van der Waals surface area contributed by atoms with E-state index >= 15 is 0 Å². The summed E-state index contributed by atoms with van der Waals surface area (Å²) in [7, 11) is -2.46. The third-order valence-electron chi connectivity index (χ3n) is 5.87. The lowest BCUT2D eigenvalue weighted by Crippen LogP contribution is -2.14. The Kier molecular flexibility index (Phi) is 9.23. The normalized spacial score (nSPS) is 11.0. The highest BCUT2D eigenvalue weighted by Gasteiger charge is 2.18. The predicted octanol–water partition coefficient (Wildman–Crippen LogP) is 7.23. The second kappa shape index (κ2) is 12.8. The number of nitrogens with one attached hydrogen (secondary N) is 3. The molecule has 0 amide bonds. The fourth-order valence-corrected chi connectivity index (χ4v) is 5.50. The van der Waals surface area contributed by atoms with Gasteiger partial charge in [-0.1, -0.05) is 35.4 Å². The summed E-state index contributed by atoms with van der Waals surface area (Å²) in [6.45, 7) is 6.39. The molecule has 4 aromatic carbocycles. The Bertz CT molecular complexity index is 1590. The van der Waals surface area contributed by atoms with Gasteiger partial charge < -0.3 is 19.5 Å². The molecule has 8 nitrogen and oxygen atoms in total. The van der Waals surface area contributed by atoms with Gasteiger partial charge in [0.1, 0.15) is 11.5 Å². The van der Waals surface area contributed by atoms with E-state index in [-0.39, 0.29) is 4.90 Å². The van der Waals surface area contributed by atoms with Crippen molar-refractivity contribution in [2.24, 2.45) is 0 Å². The molecule has 0 spiro atoms. The average molecular weight is 578 g/mol. The Hall–Kier alpha value is -4.15. The molecule has 0 aliphatic heterocycles. The topological polar surface area (TPSA) is 106 Å². The van der Waals surface area contributed by atoms with E-state index in [9.17, 15) is 13.2 Å². The van der Waals surface area contributed by atoms with Gasteiger partial charge in [-0.25, -0.2) is 13.2 Å². The van der Waals surface area contributed by atoms with Gasteiger partial charge in [0.15, 0.2) is 0 Å². The van der Waals surface area contributed by atoms with Crippen molar-refractivity contribution >= 4 is 45.0 Å². The van der Waals surface area contributed by atoms with Gasteiger partial charge in [-0.15, -0.1) is 0 Å². The maximum Gasteiger partial charge on any atom is 0.340 e. The molecule has 0 fully saturated rings. The summed E-state index contributed by atoms with van der Waals surface area (Å²) in [5.74, 6) is 0.369. The first-order chi connectivity index (χ1) is 19.2. The van der Waals surface area contributed by atoms with Gasteiger partial charge in [0.25, 0.3) is 10.0 Å². The fourth-order valence-electron chi connectivity index (χ4n) is 3.74. The minimum Gasteiger partial charge on any atom is -0.465 e. The first kappa shape index (κ1) is 28.8. The number of aryl methyl sites for hydroxylation is 2. The van der Waals surface area contributed by atoms with Gasteiger partial charge in [0.05, 0.1) is 34.6 Å². The Balaban J connectivity index is 1.55. The van der Waals surface area contributed by atoms with Crippen LogP contribution in [0.3, 0.4) is 0 Å². The third-order valence-corrected chi connectivity index (χ3v) is 8.08. The lowest BCUT2D eigenvalue weighted by atomic mass is 10.1. The van der Waals surface area contributed by atoms with Crippen molar-refractivity contribution in [3.8, 4) is 11.5 Å². The summed E-state index contributed by atoms with van der Waals surface area (Å²) in [5.41, 5.74) is 3.97.